The number of anilines is 1. The first-order valence-electron chi connectivity index (χ1n) is 11.4. The summed E-state index contributed by atoms with van der Waals surface area (Å²) >= 11 is 3.10. The standard InChI is InChI=1S/C25H30N4O3S2/c1-31-21-14-9-17(15-22(21)32-2)24-27-28-25(29(24)19-7-5-4-6-8-19)34-16-23(30)26-18-10-12-20(33-3)13-11-18/h9-15,19H,4-8,16H2,1-3H3,(H,26,30). The van der Waals surface area contributed by atoms with E-state index in [-0.39, 0.29) is 11.7 Å². The molecule has 1 aromatic heterocycles. The Bertz CT molecular complexity index is 1110. The van der Waals surface area contributed by atoms with Crippen LogP contribution in [0.5, 0.6) is 11.5 Å². The molecular formula is C25H30N4O3S2. The average molecular weight is 499 g/mol. The van der Waals surface area contributed by atoms with Crippen molar-refractivity contribution < 1.29 is 14.3 Å². The summed E-state index contributed by atoms with van der Waals surface area (Å²) in [7, 11) is 3.25. The fourth-order valence-electron chi connectivity index (χ4n) is 4.22. The first kappa shape index (κ1) is 24.5. The zero-order valence-corrected chi connectivity index (χ0v) is 21.4. The number of hydrogen-bond acceptors (Lipinski definition) is 7. The molecule has 1 fully saturated rings. The SMILES string of the molecule is COc1ccc(-c2nnc(SCC(=O)Nc3ccc(SC)cc3)n2C2CCCCC2)cc1OC. The molecular weight excluding hydrogens is 468 g/mol. The zero-order valence-electron chi connectivity index (χ0n) is 19.7. The lowest BCUT2D eigenvalue weighted by Gasteiger charge is -2.25. The molecule has 7 nitrogen and oxygen atoms in total. The molecule has 34 heavy (non-hydrogen) atoms. The number of rotatable bonds is 9. The minimum Gasteiger partial charge on any atom is -0.493 e. The zero-order chi connectivity index (χ0) is 23.9. The molecule has 180 valence electrons. The fraction of sp³-hybridized carbons (Fsp3) is 0.400. The molecule has 1 aliphatic rings. The monoisotopic (exact) mass is 498 g/mol. The highest BCUT2D eigenvalue weighted by Gasteiger charge is 2.25. The van der Waals surface area contributed by atoms with Crippen molar-refractivity contribution in [3.63, 3.8) is 0 Å². The first-order chi connectivity index (χ1) is 16.6. The number of aromatic nitrogens is 3. The smallest absolute Gasteiger partial charge is 0.234 e. The number of carbonyl (C=O) groups excluding carboxylic acids is 1. The predicted molar refractivity (Wildman–Crippen MR) is 138 cm³/mol. The van der Waals surface area contributed by atoms with Crippen molar-refractivity contribution in [1.82, 2.24) is 14.8 Å². The quantitative estimate of drug-likeness (QED) is 0.367. The van der Waals surface area contributed by atoms with Crippen LogP contribution in [-0.4, -0.2) is 46.9 Å². The van der Waals surface area contributed by atoms with Gasteiger partial charge in [0.25, 0.3) is 0 Å². The van der Waals surface area contributed by atoms with E-state index in [9.17, 15) is 4.79 Å². The lowest BCUT2D eigenvalue weighted by Crippen LogP contribution is -2.17. The molecule has 1 aliphatic carbocycles. The number of carbonyl (C=O) groups is 1. The van der Waals surface area contributed by atoms with Crippen LogP contribution in [0.3, 0.4) is 0 Å². The second kappa shape index (κ2) is 11.7. The Hall–Kier alpha value is -2.65. The molecule has 0 radical (unpaired) electrons. The Morgan fingerprint density at radius 1 is 1.03 bits per heavy atom. The largest absolute Gasteiger partial charge is 0.493 e. The number of benzene rings is 2. The molecule has 3 aromatic rings. The highest BCUT2D eigenvalue weighted by Crippen LogP contribution is 2.38. The van der Waals surface area contributed by atoms with Crippen molar-refractivity contribution in [2.75, 3.05) is 31.5 Å². The van der Waals surface area contributed by atoms with E-state index in [0.717, 1.165) is 40.0 Å². The molecule has 1 N–H and O–H groups in total. The lowest BCUT2D eigenvalue weighted by atomic mass is 9.95. The second-order valence-electron chi connectivity index (χ2n) is 8.10. The Morgan fingerprint density at radius 3 is 2.44 bits per heavy atom. The summed E-state index contributed by atoms with van der Waals surface area (Å²) in [6, 6.07) is 14.0. The minimum absolute atomic E-state index is 0.0623. The lowest BCUT2D eigenvalue weighted by molar-refractivity contribution is -0.113. The van der Waals surface area contributed by atoms with Gasteiger partial charge in [0.05, 0.1) is 20.0 Å². The molecule has 1 heterocycles. The molecule has 0 saturated heterocycles. The van der Waals surface area contributed by atoms with E-state index < -0.39 is 0 Å². The van der Waals surface area contributed by atoms with Gasteiger partial charge in [-0.15, -0.1) is 22.0 Å². The fourth-order valence-corrected chi connectivity index (χ4v) is 5.43. The van der Waals surface area contributed by atoms with Crippen LogP contribution < -0.4 is 14.8 Å². The van der Waals surface area contributed by atoms with E-state index in [1.807, 2.05) is 48.7 Å². The van der Waals surface area contributed by atoms with E-state index in [2.05, 4.69) is 20.1 Å². The Morgan fingerprint density at radius 2 is 1.76 bits per heavy atom. The van der Waals surface area contributed by atoms with Crippen LogP contribution in [0, 0.1) is 0 Å². The van der Waals surface area contributed by atoms with Crippen LogP contribution in [0.25, 0.3) is 11.4 Å². The van der Waals surface area contributed by atoms with Crippen LogP contribution in [0.2, 0.25) is 0 Å². The molecule has 1 amide bonds. The van der Waals surface area contributed by atoms with Crippen molar-refractivity contribution in [2.45, 2.75) is 48.2 Å². The number of methoxy groups -OCH3 is 2. The maximum atomic E-state index is 12.6. The van der Waals surface area contributed by atoms with Gasteiger partial charge in [0.15, 0.2) is 22.5 Å². The van der Waals surface area contributed by atoms with Gasteiger partial charge in [-0.05, 0) is 61.6 Å². The molecule has 4 rings (SSSR count). The summed E-state index contributed by atoms with van der Waals surface area (Å²) in [6.07, 6.45) is 7.82. The third kappa shape index (κ3) is 5.70. The van der Waals surface area contributed by atoms with Gasteiger partial charge in [-0.2, -0.15) is 0 Å². The van der Waals surface area contributed by atoms with Crippen LogP contribution in [0.15, 0.2) is 52.5 Å². The van der Waals surface area contributed by atoms with Gasteiger partial charge < -0.3 is 14.8 Å². The number of hydrogen-bond donors (Lipinski definition) is 1. The molecule has 0 atom stereocenters. The molecule has 0 unspecified atom stereocenters. The average Bonchev–Trinajstić information content (AvgIpc) is 3.32. The predicted octanol–water partition coefficient (Wildman–Crippen LogP) is 5.92. The molecule has 0 bridgehead atoms. The maximum Gasteiger partial charge on any atom is 0.234 e. The van der Waals surface area contributed by atoms with Crippen LogP contribution in [-0.2, 0) is 4.79 Å². The molecule has 2 aromatic carbocycles. The van der Waals surface area contributed by atoms with Gasteiger partial charge in [-0.25, -0.2) is 0 Å². The van der Waals surface area contributed by atoms with E-state index in [0.29, 0.717) is 17.5 Å². The highest BCUT2D eigenvalue weighted by atomic mass is 32.2. The van der Waals surface area contributed by atoms with E-state index in [4.69, 9.17) is 9.47 Å². The third-order valence-corrected chi connectivity index (χ3v) is 7.64. The number of amides is 1. The first-order valence-corrected chi connectivity index (χ1v) is 13.6. The van der Waals surface area contributed by atoms with Gasteiger partial charge in [-0.3, -0.25) is 9.36 Å². The second-order valence-corrected chi connectivity index (χ2v) is 9.93. The number of thioether (sulfide) groups is 2. The Balaban J connectivity index is 1.55. The Kier molecular flexibility index (Phi) is 8.39. The van der Waals surface area contributed by atoms with E-state index >= 15 is 0 Å². The van der Waals surface area contributed by atoms with Gasteiger partial charge in [0.2, 0.25) is 5.91 Å². The van der Waals surface area contributed by atoms with E-state index in [1.165, 1.54) is 31.0 Å². The summed E-state index contributed by atoms with van der Waals surface area (Å²) in [5.41, 5.74) is 1.71. The molecule has 0 spiro atoms. The molecule has 0 aliphatic heterocycles. The summed E-state index contributed by atoms with van der Waals surface area (Å²) in [5, 5.41) is 12.8. The summed E-state index contributed by atoms with van der Waals surface area (Å²) in [4.78, 5) is 13.8. The molecule has 1 saturated carbocycles. The highest BCUT2D eigenvalue weighted by molar-refractivity contribution is 7.99. The van der Waals surface area contributed by atoms with Gasteiger partial charge in [-0.1, -0.05) is 31.0 Å². The van der Waals surface area contributed by atoms with Crippen molar-refractivity contribution in [2.24, 2.45) is 0 Å². The number of ether oxygens (including phenoxy) is 2. The number of nitrogens with one attached hydrogen (secondary N) is 1. The van der Waals surface area contributed by atoms with Gasteiger partial charge in [0, 0.05) is 22.2 Å². The van der Waals surface area contributed by atoms with Crippen molar-refractivity contribution >= 4 is 35.1 Å². The molecule has 9 heteroatoms. The minimum atomic E-state index is -0.0623. The number of nitrogens with zero attached hydrogens (tertiary/aromatic N) is 3. The van der Waals surface area contributed by atoms with Crippen molar-refractivity contribution in [3.8, 4) is 22.9 Å². The Labute approximate surface area is 209 Å². The van der Waals surface area contributed by atoms with Gasteiger partial charge in [0.1, 0.15) is 0 Å². The third-order valence-electron chi connectivity index (χ3n) is 5.95. The van der Waals surface area contributed by atoms with Crippen LogP contribution >= 0.6 is 23.5 Å². The van der Waals surface area contributed by atoms with E-state index in [1.54, 1.807) is 26.0 Å². The topological polar surface area (TPSA) is 78.3 Å². The van der Waals surface area contributed by atoms with Gasteiger partial charge >= 0.3 is 0 Å². The summed E-state index contributed by atoms with van der Waals surface area (Å²) in [6.45, 7) is 0. The summed E-state index contributed by atoms with van der Waals surface area (Å²) < 4.78 is 13.1. The van der Waals surface area contributed by atoms with Crippen LogP contribution in [0.1, 0.15) is 38.1 Å². The van der Waals surface area contributed by atoms with Crippen molar-refractivity contribution in [3.05, 3.63) is 42.5 Å². The van der Waals surface area contributed by atoms with Crippen LogP contribution in [0.4, 0.5) is 5.69 Å². The van der Waals surface area contributed by atoms with Crippen molar-refractivity contribution in [1.29, 1.82) is 0 Å². The maximum absolute atomic E-state index is 12.6. The summed E-state index contributed by atoms with van der Waals surface area (Å²) in [5.74, 6) is 2.32. The normalized spacial score (nSPS) is 14.1.